The molecule has 0 saturated heterocycles. The zero-order valence-corrected chi connectivity index (χ0v) is 11.1. The third kappa shape index (κ3) is 1.91. The molecule has 2 aromatic heterocycles. The highest BCUT2D eigenvalue weighted by molar-refractivity contribution is 5.85. The molecule has 0 radical (unpaired) electrons. The van der Waals surface area contributed by atoms with E-state index in [4.69, 9.17) is 11.1 Å². The highest BCUT2D eigenvalue weighted by atomic mass is 15.1. The summed E-state index contributed by atoms with van der Waals surface area (Å²) in [5, 5.41) is 14.9. The van der Waals surface area contributed by atoms with E-state index in [2.05, 4.69) is 29.0 Å². The van der Waals surface area contributed by atoms with Crippen LogP contribution in [0.4, 0.5) is 5.82 Å². The molecule has 98 valence electrons. The van der Waals surface area contributed by atoms with Crippen molar-refractivity contribution in [1.29, 1.82) is 5.41 Å². The summed E-state index contributed by atoms with van der Waals surface area (Å²) in [6, 6.07) is 1.87. The van der Waals surface area contributed by atoms with Crippen LogP contribution in [0.15, 0.2) is 12.3 Å². The van der Waals surface area contributed by atoms with Crippen LogP contribution in [-0.2, 0) is 12.8 Å². The highest BCUT2D eigenvalue weighted by Gasteiger charge is 2.32. The van der Waals surface area contributed by atoms with Crippen LogP contribution in [-0.4, -0.2) is 21.4 Å². The summed E-state index contributed by atoms with van der Waals surface area (Å²) in [7, 11) is 0. The Kier molecular flexibility index (Phi) is 2.45. The van der Waals surface area contributed by atoms with Gasteiger partial charge in [0.25, 0.3) is 0 Å². The first-order chi connectivity index (χ1) is 9.00. The molecule has 0 aliphatic heterocycles. The zero-order valence-electron chi connectivity index (χ0n) is 11.1. The summed E-state index contributed by atoms with van der Waals surface area (Å²) in [5.74, 6) is 0.381. The van der Waals surface area contributed by atoms with E-state index in [0.29, 0.717) is 11.4 Å². The number of fused-ring (bicyclic) bond motifs is 1. The van der Waals surface area contributed by atoms with Gasteiger partial charge in [0.1, 0.15) is 5.82 Å². The molecule has 5 nitrogen and oxygen atoms in total. The van der Waals surface area contributed by atoms with Gasteiger partial charge >= 0.3 is 0 Å². The molecule has 0 bridgehead atoms. The largest absolute Gasteiger partial charge is 0.383 e. The molecule has 1 aliphatic rings. The van der Waals surface area contributed by atoms with Crippen molar-refractivity contribution < 1.29 is 0 Å². The van der Waals surface area contributed by atoms with Gasteiger partial charge in [0, 0.05) is 34.8 Å². The first-order valence-electron chi connectivity index (χ1n) is 6.33. The Balaban J connectivity index is 2.08. The van der Waals surface area contributed by atoms with E-state index in [-0.39, 0.29) is 5.41 Å². The van der Waals surface area contributed by atoms with Crippen molar-refractivity contribution in [2.24, 2.45) is 5.41 Å². The molecule has 1 aliphatic carbocycles. The Bertz CT molecular complexity index is 654. The monoisotopic (exact) mass is 255 g/mol. The molecule has 0 spiro atoms. The standard InChI is InChI=1S/C14H17N5/c1-14(2)4-10-11(5-14)18-19-12(10)9-3-8(6-15)13(16)17-7-9/h3,6-7,15H,4-5H2,1-2H3,(H2,16,17)(H,18,19). The number of aromatic amines is 1. The number of nitrogens with one attached hydrogen (secondary N) is 2. The predicted octanol–water partition coefficient (Wildman–Crippen LogP) is 2.18. The van der Waals surface area contributed by atoms with Crippen LogP contribution in [0.5, 0.6) is 0 Å². The number of rotatable bonds is 2. The number of hydrogen-bond acceptors (Lipinski definition) is 4. The van der Waals surface area contributed by atoms with Crippen molar-refractivity contribution in [3.8, 4) is 11.3 Å². The summed E-state index contributed by atoms with van der Waals surface area (Å²) in [6.45, 7) is 4.52. The van der Waals surface area contributed by atoms with Crippen molar-refractivity contribution in [3.63, 3.8) is 0 Å². The van der Waals surface area contributed by atoms with E-state index in [1.165, 1.54) is 17.5 Å². The Hall–Kier alpha value is -2.17. The summed E-state index contributed by atoms with van der Waals surface area (Å²) >= 11 is 0. The third-order valence-corrected chi connectivity index (χ3v) is 3.64. The fourth-order valence-corrected chi connectivity index (χ4v) is 2.73. The summed E-state index contributed by atoms with van der Waals surface area (Å²) in [4.78, 5) is 4.14. The minimum Gasteiger partial charge on any atom is -0.383 e. The van der Waals surface area contributed by atoms with Crippen LogP contribution in [0.3, 0.4) is 0 Å². The average Bonchev–Trinajstić information content (AvgIpc) is 2.85. The second-order valence-electron chi connectivity index (χ2n) is 5.89. The Labute approximate surface area is 111 Å². The van der Waals surface area contributed by atoms with E-state index < -0.39 is 0 Å². The van der Waals surface area contributed by atoms with Gasteiger partial charge in [-0.2, -0.15) is 5.10 Å². The number of hydrogen-bond donors (Lipinski definition) is 3. The number of nitrogen functional groups attached to an aromatic ring is 1. The van der Waals surface area contributed by atoms with Crippen LogP contribution < -0.4 is 5.73 Å². The molecule has 4 N–H and O–H groups in total. The van der Waals surface area contributed by atoms with E-state index in [1.54, 1.807) is 6.20 Å². The van der Waals surface area contributed by atoms with Crippen LogP contribution in [0.25, 0.3) is 11.3 Å². The van der Waals surface area contributed by atoms with Crippen LogP contribution >= 0.6 is 0 Å². The molecule has 2 heterocycles. The Morgan fingerprint density at radius 2 is 2.21 bits per heavy atom. The van der Waals surface area contributed by atoms with Crippen molar-refractivity contribution in [3.05, 3.63) is 29.1 Å². The maximum atomic E-state index is 7.35. The van der Waals surface area contributed by atoms with Gasteiger partial charge < -0.3 is 11.1 Å². The number of anilines is 1. The van der Waals surface area contributed by atoms with E-state index >= 15 is 0 Å². The maximum Gasteiger partial charge on any atom is 0.132 e. The van der Waals surface area contributed by atoms with Gasteiger partial charge in [-0.3, -0.25) is 5.10 Å². The van der Waals surface area contributed by atoms with Gasteiger partial charge in [-0.1, -0.05) is 13.8 Å². The third-order valence-electron chi connectivity index (χ3n) is 3.64. The van der Waals surface area contributed by atoms with Gasteiger partial charge in [0.2, 0.25) is 0 Å². The molecular formula is C14H17N5. The minimum atomic E-state index is 0.282. The molecule has 3 rings (SSSR count). The topological polar surface area (TPSA) is 91.4 Å². The van der Waals surface area contributed by atoms with Crippen molar-refractivity contribution in [2.45, 2.75) is 26.7 Å². The molecule has 19 heavy (non-hydrogen) atoms. The van der Waals surface area contributed by atoms with Crippen LogP contribution in [0, 0.1) is 10.8 Å². The molecule has 0 fully saturated rings. The fourth-order valence-electron chi connectivity index (χ4n) is 2.73. The second kappa shape index (κ2) is 3.91. The maximum absolute atomic E-state index is 7.35. The zero-order chi connectivity index (χ0) is 13.6. The molecular weight excluding hydrogens is 238 g/mol. The van der Waals surface area contributed by atoms with Crippen molar-refractivity contribution in [1.82, 2.24) is 15.2 Å². The van der Waals surface area contributed by atoms with E-state index in [1.807, 2.05) is 6.07 Å². The van der Waals surface area contributed by atoms with Gasteiger partial charge in [-0.25, -0.2) is 4.98 Å². The molecule has 5 heteroatoms. The van der Waals surface area contributed by atoms with E-state index in [0.717, 1.165) is 24.1 Å². The normalized spacial score (nSPS) is 16.3. The lowest BCUT2D eigenvalue weighted by Crippen LogP contribution is -2.11. The number of nitrogens with two attached hydrogens (primary N) is 1. The molecule has 0 atom stereocenters. The van der Waals surface area contributed by atoms with Gasteiger partial charge in [-0.05, 0) is 24.3 Å². The summed E-state index contributed by atoms with van der Waals surface area (Å²) in [5.41, 5.74) is 11.0. The molecule has 0 saturated carbocycles. The van der Waals surface area contributed by atoms with Crippen molar-refractivity contribution >= 4 is 12.0 Å². The number of H-pyrrole nitrogens is 1. The van der Waals surface area contributed by atoms with Gasteiger partial charge in [-0.15, -0.1) is 0 Å². The minimum absolute atomic E-state index is 0.282. The first kappa shape index (κ1) is 11.9. The van der Waals surface area contributed by atoms with Gasteiger partial charge in [0.15, 0.2) is 0 Å². The van der Waals surface area contributed by atoms with Crippen LogP contribution in [0.2, 0.25) is 0 Å². The number of pyridine rings is 1. The lowest BCUT2D eigenvalue weighted by atomic mass is 9.90. The Morgan fingerprint density at radius 1 is 1.42 bits per heavy atom. The molecule has 0 amide bonds. The highest BCUT2D eigenvalue weighted by Crippen LogP contribution is 2.39. The molecule has 2 aromatic rings. The quantitative estimate of drug-likeness (QED) is 0.718. The van der Waals surface area contributed by atoms with E-state index in [9.17, 15) is 0 Å². The fraction of sp³-hybridized carbons (Fsp3) is 0.357. The first-order valence-corrected chi connectivity index (χ1v) is 6.33. The summed E-state index contributed by atoms with van der Waals surface area (Å²) in [6.07, 6.45) is 4.99. The molecule has 0 unspecified atom stereocenters. The van der Waals surface area contributed by atoms with Crippen molar-refractivity contribution in [2.75, 3.05) is 5.73 Å². The smallest absolute Gasteiger partial charge is 0.132 e. The van der Waals surface area contributed by atoms with Gasteiger partial charge in [0.05, 0.1) is 5.69 Å². The lowest BCUT2D eigenvalue weighted by Gasteiger charge is -2.15. The van der Waals surface area contributed by atoms with Crippen LogP contribution in [0.1, 0.15) is 30.7 Å². The molecule has 0 aromatic carbocycles. The summed E-state index contributed by atoms with van der Waals surface area (Å²) < 4.78 is 0. The predicted molar refractivity (Wildman–Crippen MR) is 75.3 cm³/mol. The number of nitrogens with zero attached hydrogens (tertiary/aromatic N) is 2. The second-order valence-corrected chi connectivity index (χ2v) is 5.89. The SMILES string of the molecule is CC1(C)Cc2[nH]nc(-c3cnc(N)c(C=N)c3)c2C1. The average molecular weight is 255 g/mol. The Morgan fingerprint density at radius 3 is 2.95 bits per heavy atom. The number of aromatic nitrogens is 3. The lowest BCUT2D eigenvalue weighted by molar-refractivity contribution is 0.388.